The highest BCUT2D eigenvalue weighted by Crippen LogP contribution is 2.25. The maximum absolute atomic E-state index is 12.6. The van der Waals surface area contributed by atoms with E-state index in [9.17, 15) is 13.2 Å². The van der Waals surface area contributed by atoms with Crippen LogP contribution in [0.4, 0.5) is 5.69 Å². The monoisotopic (exact) mass is 458 g/mol. The van der Waals surface area contributed by atoms with Gasteiger partial charge in [-0.1, -0.05) is 52.2 Å². The molecular weight excluding hydrogens is 424 g/mol. The maximum atomic E-state index is 12.6. The van der Waals surface area contributed by atoms with Gasteiger partial charge in [0.05, 0.1) is 4.90 Å². The Bertz CT molecular complexity index is 1000. The second kappa shape index (κ2) is 10.0. The largest absolute Gasteiger partial charge is 0.481 e. The molecule has 1 atom stereocenters. The molecule has 1 unspecified atom stereocenters. The third-order valence-electron chi connectivity index (χ3n) is 5.76. The normalized spacial score (nSPS) is 16.4. The van der Waals surface area contributed by atoms with Crippen LogP contribution >= 0.6 is 0 Å². The van der Waals surface area contributed by atoms with E-state index in [-0.39, 0.29) is 22.3 Å². The van der Waals surface area contributed by atoms with Gasteiger partial charge in [-0.25, -0.2) is 13.1 Å². The number of hydrogen-bond donors (Lipinski definition) is 2. The third kappa shape index (κ3) is 6.56. The van der Waals surface area contributed by atoms with Crippen LogP contribution in [-0.4, -0.2) is 26.5 Å². The van der Waals surface area contributed by atoms with Crippen LogP contribution in [0, 0.1) is 0 Å². The van der Waals surface area contributed by atoms with E-state index in [1.54, 1.807) is 19.1 Å². The van der Waals surface area contributed by atoms with Crippen LogP contribution in [0.1, 0.15) is 65.4 Å². The van der Waals surface area contributed by atoms with Crippen molar-refractivity contribution in [3.63, 3.8) is 0 Å². The third-order valence-corrected chi connectivity index (χ3v) is 7.30. The van der Waals surface area contributed by atoms with E-state index in [0.717, 1.165) is 32.1 Å². The van der Waals surface area contributed by atoms with Crippen LogP contribution in [0.25, 0.3) is 0 Å². The number of anilines is 1. The molecule has 1 saturated carbocycles. The van der Waals surface area contributed by atoms with Gasteiger partial charge in [0.1, 0.15) is 5.75 Å². The number of rotatable bonds is 7. The zero-order valence-electron chi connectivity index (χ0n) is 19.4. The number of nitrogens with one attached hydrogen (secondary N) is 2. The van der Waals surface area contributed by atoms with Gasteiger partial charge in [0, 0.05) is 11.7 Å². The van der Waals surface area contributed by atoms with E-state index in [1.807, 2.05) is 24.3 Å². The number of hydrogen-bond acceptors (Lipinski definition) is 4. The molecule has 1 aliphatic rings. The number of ether oxygens (including phenoxy) is 1. The van der Waals surface area contributed by atoms with Crippen molar-refractivity contribution < 1.29 is 17.9 Å². The number of benzene rings is 2. The fourth-order valence-corrected chi connectivity index (χ4v) is 5.07. The number of carbonyl (C=O) groups excluding carboxylic acids is 1. The Morgan fingerprint density at radius 2 is 1.56 bits per heavy atom. The van der Waals surface area contributed by atoms with E-state index >= 15 is 0 Å². The minimum Gasteiger partial charge on any atom is -0.481 e. The van der Waals surface area contributed by atoms with Gasteiger partial charge >= 0.3 is 0 Å². The van der Waals surface area contributed by atoms with Gasteiger partial charge in [-0.05, 0) is 67.1 Å². The molecule has 0 bridgehead atoms. The molecule has 2 N–H and O–H groups in total. The van der Waals surface area contributed by atoms with E-state index in [2.05, 4.69) is 30.8 Å². The van der Waals surface area contributed by atoms with Crippen LogP contribution in [0.5, 0.6) is 5.75 Å². The second-order valence-corrected chi connectivity index (χ2v) is 11.2. The van der Waals surface area contributed by atoms with Gasteiger partial charge in [0.2, 0.25) is 10.0 Å². The average molecular weight is 459 g/mol. The van der Waals surface area contributed by atoms with E-state index < -0.39 is 16.1 Å². The summed E-state index contributed by atoms with van der Waals surface area (Å²) in [6, 6.07) is 13.9. The molecule has 6 nitrogen and oxygen atoms in total. The summed E-state index contributed by atoms with van der Waals surface area (Å²) in [5, 5.41) is 2.78. The zero-order chi connectivity index (χ0) is 23.4. The summed E-state index contributed by atoms with van der Waals surface area (Å²) in [5.41, 5.74) is 1.76. The van der Waals surface area contributed by atoms with Gasteiger partial charge in [-0.2, -0.15) is 0 Å². The molecule has 174 valence electrons. The lowest BCUT2D eigenvalue weighted by Crippen LogP contribution is -2.36. The van der Waals surface area contributed by atoms with Gasteiger partial charge in [-0.3, -0.25) is 4.79 Å². The molecular formula is C25H34N2O4S. The molecule has 0 aliphatic heterocycles. The summed E-state index contributed by atoms with van der Waals surface area (Å²) in [6.45, 7) is 8.10. The second-order valence-electron chi connectivity index (χ2n) is 9.50. The highest BCUT2D eigenvalue weighted by atomic mass is 32.2. The van der Waals surface area contributed by atoms with E-state index in [0.29, 0.717) is 11.4 Å². The molecule has 2 aromatic carbocycles. The Balaban J connectivity index is 1.56. The fourth-order valence-electron chi connectivity index (χ4n) is 3.76. The minimum atomic E-state index is -3.56. The van der Waals surface area contributed by atoms with E-state index in [4.69, 9.17) is 4.74 Å². The van der Waals surface area contributed by atoms with Gasteiger partial charge < -0.3 is 10.1 Å². The van der Waals surface area contributed by atoms with Crippen LogP contribution in [0.15, 0.2) is 53.4 Å². The Morgan fingerprint density at radius 3 is 2.12 bits per heavy atom. The topological polar surface area (TPSA) is 84.5 Å². The molecule has 1 fully saturated rings. The lowest BCUT2D eigenvalue weighted by atomic mass is 9.87. The van der Waals surface area contributed by atoms with Crippen molar-refractivity contribution in [2.45, 2.75) is 82.3 Å². The zero-order valence-corrected chi connectivity index (χ0v) is 20.2. The van der Waals surface area contributed by atoms with Crippen LogP contribution in [0.2, 0.25) is 0 Å². The summed E-state index contributed by atoms with van der Waals surface area (Å²) in [7, 11) is -3.56. The summed E-state index contributed by atoms with van der Waals surface area (Å²) in [4.78, 5) is 12.7. The highest BCUT2D eigenvalue weighted by molar-refractivity contribution is 7.89. The molecule has 1 aliphatic carbocycles. The molecule has 7 heteroatoms. The van der Waals surface area contributed by atoms with E-state index in [1.165, 1.54) is 17.7 Å². The first-order chi connectivity index (χ1) is 15.0. The first-order valence-corrected chi connectivity index (χ1v) is 12.7. The molecule has 0 spiro atoms. The summed E-state index contributed by atoms with van der Waals surface area (Å²) in [6.07, 6.45) is 4.33. The summed E-state index contributed by atoms with van der Waals surface area (Å²) < 4.78 is 33.8. The maximum Gasteiger partial charge on any atom is 0.265 e. The van der Waals surface area contributed by atoms with Crippen molar-refractivity contribution >= 4 is 21.6 Å². The highest BCUT2D eigenvalue weighted by Gasteiger charge is 2.22. The van der Waals surface area contributed by atoms with Crippen LogP contribution < -0.4 is 14.8 Å². The van der Waals surface area contributed by atoms with Gasteiger partial charge in [0.25, 0.3) is 5.91 Å². The van der Waals surface area contributed by atoms with Crippen molar-refractivity contribution in [2.75, 3.05) is 5.32 Å². The molecule has 0 heterocycles. The molecule has 0 radical (unpaired) electrons. The molecule has 32 heavy (non-hydrogen) atoms. The van der Waals surface area contributed by atoms with Gasteiger partial charge in [0.15, 0.2) is 6.10 Å². The van der Waals surface area contributed by atoms with Crippen molar-refractivity contribution in [3.05, 3.63) is 54.1 Å². The van der Waals surface area contributed by atoms with Gasteiger partial charge in [-0.15, -0.1) is 0 Å². The summed E-state index contributed by atoms with van der Waals surface area (Å²) >= 11 is 0. The molecule has 0 aromatic heterocycles. The lowest BCUT2D eigenvalue weighted by Gasteiger charge is -2.22. The van der Waals surface area contributed by atoms with Crippen LogP contribution in [-0.2, 0) is 20.2 Å². The Labute approximate surface area is 191 Å². The smallest absolute Gasteiger partial charge is 0.265 e. The number of amides is 1. The Morgan fingerprint density at radius 1 is 0.969 bits per heavy atom. The lowest BCUT2D eigenvalue weighted by molar-refractivity contribution is -0.122. The molecule has 2 aromatic rings. The SMILES string of the molecule is CC(Oc1ccc(C(C)(C)C)cc1)C(=O)Nc1ccc(S(=O)(=O)NC2CCCCC2)cc1. The first-order valence-electron chi connectivity index (χ1n) is 11.2. The Hall–Kier alpha value is -2.38. The van der Waals surface area contributed by atoms with Crippen molar-refractivity contribution in [1.82, 2.24) is 4.72 Å². The fraction of sp³-hybridized carbons (Fsp3) is 0.480. The predicted molar refractivity (Wildman–Crippen MR) is 127 cm³/mol. The predicted octanol–water partition coefficient (Wildman–Crippen LogP) is 5.00. The minimum absolute atomic E-state index is 0.00333. The summed E-state index contributed by atoms with van der Waals surface area (Å²) in [5.74, 6) is 0.316. The van der Waals surface area contributed by atoms with Crippen molar-refractivity contribution in [1.29, 1.82) is 0 Å². The van der Waals surface area contributed by atoms with Crippen molar-refractivity contribution in [2.24, 2.45) is 0 Å². The number of sulfonamides is 1. The van der Waals surface area contributed by atoms with Crippen LogP contribution in [0.3, 0.4) is 0 Å². The number of carbonyl (C=O) groups is 1. The van der Waals surface area contributed by atoms with Crippen molar-refractivity contribution in [3.8, 4) is 5.75 Å². The molecule has 1 amide bonds. The molecule has 3 rings (SSSR count). The average Bonchev–Trinajstić information content (AvgIpc) is 2.74. The quantitative estimate of drug-likeness (QED) is 0.611. The molecule has 0 saturated heterocycles. The Kier molecular flexibility index (Phi) is 7.62. The first kappa shape index (κ1) is 24.3. The standard InChI is InChI=1S/C25H34N2O4S/c1-18(31-22-14-10-19(11-15-22)25(2,3)4)24(28)26-20-12-16-23(17-13-20)32(29,30)27-21-8-6-5-7-9-21/h10-18,21,27H,5-9H2,1-4H3,(H,26,28).